The summed E-state index contributed by atoms with van der Waals surface area (Å²) in [5.41, 5.74) is 6.21. The van der Waals surface area contributed by atoms with Crippen LogP contribution >= 0.6 is 0 Å². The van der Waals surface area contributed by atoms with E-state index in [4.69, 9.17) is 16.2 Å². The van der Waals surface area contributed by atoms with Crippen LogP contribution in [-0.4, -0.2) is 35.1 Å². The van der Waals surface area contributed by atoms with Gasteiger partial charge < -0.3 is 15.7 Å². The van der Waals surface area contributed by atoms with Crippen molar-refractivity contribution in [1.82, 2.24) is 4.98 Å². The van der Waals surface area contributed by atoms with Gasteiger partial charge in [0, 0.05) is 18.8 Å². The first kappa shape index (κ1) is 11.9. The first-order chi connectivity index (χ1) is 8.24. The van der Waals surface area contributed by atoms with E-state index in [1.54, 1.807) is 18.3 Å². The molecule has 0 aliphatic heterocycles. The van der Waals surface area contributed by atoms with E-state index < -0.39 is 0 Å². The molecule has 1 saturated carbocycles. The van der Waals surface area contributed by atoms with E-state index in [2.05, 4.69) is 9.88 Å². The third kappa shape index (κ3) is 2.39. The summed E-state index contributed by atoms with van der Waals surface area (Å²) in [4.78, 5) is 6.39. The number of anilines is 1. The van der Waals surface area contributed by atoms with Crippen molar-refractivity contribution < 1.29 is 5.11 Å². The lowest BCUT2D eigenvalue weighted by atomic mass is 9.91. The number of rotatable bonds is 5. The second-order valence-corrected chi connectivity index (χ2v) is 4.29. The van der Waals surface area contributed by atoms with E-state index in [1.807, 2.05) is 0 Å². The predicted octanol–water partition coefficient (Wildman–Crippen LogP) is 0.717. The molecule has 1 fully saturated rings. The lowest BCUT2D eigenvalue weighted by Gasteiger charge is -2.38. The minimum atomic E-state index is 0.0235. The zero-order chi connectivity index (χ0) is 12.3. The van der Waals surface area contributed by atoms with Crippen molar-refractivity contribution in [2.75, 3.05) is 18.1 Å². The van der Waals surface area contributed by atoms with Crippen molar-refractivity contribution >= 4 is 11.7 Å². The summed E-state index contributed by atoms with van der Waals surface area (Å²) in [6, 6.07) is 4.00. The number of aliphatic hydroxyl groups is 1. The minimum Gasteiger partial charge on any atom is -0.395 e. The van der Waals surface area contributed by atoms with Gasteiger partial charge in [0.05, 0.1) is 12.2 Å². The fourth-order valence-electron chi connectivity index (χ4n) is 2.10. The number of hydrogen-bond acceptors (Lipinski definition) is 4. The summed E-state index contributed by atoms with van der Waals surface area (Å²) in [5, 5.41) is 16.7. The molecule has 0 spiro atoms. The summed E-state index contributed by atoms with van der Waals surface area (Å²) in [6.07, 6.45) is 5.15. The first-order valence-corrected chi connectivity index (χ1v) is 5.91. The Kier molecular flexibility index (Phi) is 3.58. The molecular weight excluding hydrogens is 216 g/mol. The Hall–Kier alpha value is -1.62. The van der Waals surface area contributed by atoms with Crippen LogP contribution in [0.25, 0.3) is 0 Å². The third-order valence-electron chi connectivity index (χ3n) is 3.21. The van der Waals surface area contributed by atoms with Crippen LogP contribution in [0.15, 0.2) is 18.3 Å². The minimum absolute atomic E-state index is 0.0235. The van der Waals surface area contributed by atoms with Crippen molar-refractivity contribution in [1.29, 1.82) is 5.41 Å². The molecule has 1 aromatic rings. The molecule has 5 nitrogen and oxygen atoms in total. The second-order valence-electron chi connectivity index (χ2n) is 4.29. The van der Waals surface area contributed by atoms with Gasteiger partial charge in [0.25, 0.3) is 0 Å². The number of nitrogens with zero attached hydrogens (tertiary/aromatic N) is 2. The summed E-state index contributed by atoms with van der Waals surface area (Å²) in [5.74, 6) is 0.745. The van der Waals surface area contributed by atoms with Crippen molar-refractivity contribution in [2.45, 2.75) is 25.3 Å². The Labute approximate surface area is 101 Å². The number of nitrogens with one attached hydrogen (secondary N) is 1. The van der Waals surface area contributed by atoms with E-state index in [0.717, 1.165) is 18.7 Å². The van der Waals surface area contributed by atoms with Gasteiger partial charge in [0.15, 0.2) is 0 Å². The van der Waals surface area contributed by atoms with Gasteiger partial charge in [-0.3, -0.25) is 5.41 Å². The molecule has 0 radical (unpaired) electrons. The zero-order valence-corrected chi connectivity index (χ0v) is 9.76. The molecule has 0 unspecified atom stereocenters. The largest absolute Gasteiger partial charge is 0.395 e. The fraction of sp³-hybridized carbons (Fsp3) is 0.500. The second kappa shape index (κ2) is 5.14. The highest BCUT2D eigenvalue weighted by Crippen LogP contribution is 2.29. The topological polar surface area (TPSA) is 86.2 Å². The first-order valence-electron chi connectivity index (χ1n) is 5.91. The van der Waals surface area contributed by atoms with Gasteiger partial charge in [-0.15, -0.1) is 0 Å². The lowest BCUT2D eigenvalue weighted by Crippen LogP contribution is -2.43. The van der Waals surface area contributed by atoms with Gasteiger partial charge in [-0.25, -0.2) is 4.98 Å². The number of aliphatic hydroxyl groups excluding tert-OH is 1. The average molecular weight is 234 g/mol. The number of pyridine rings is 1. The maximum atomic E-state index is 9.14. The highest BCUT2D eigenvalue weighted by atomic mass is 16.3. The molecule has 92 valence electrons. The van der Waals surface area contributed by atoms with Crippen LogP contribution in [0.5, 0.6) is 0 Å². The monoisotopic (exact) mass is 234 g/mol. The molecule has 0 atom stereocenters. The van der Waals surface area contributed by atoms with E-state index in [-0.39, 0.29) is 12.4 Å². The molecule has 5 heteroatoms. The molecule has 17 heavy (non-hydrogen) atoms. The molecule has 0 bridgehead atoms. The van der Waals surface area contributed by atoms with Crippen LogP contribution in [0.1, 0.15) is 24.8 Å². The highest BCUT2D eigenvalue weighted by Gasteiger charge is 2.27. The molecule has 1 aromatic heterocycles. The van der Waals surface area contributed by atoms with Crippen molar-refractivity contribution in [3.63, 3.8) is 0 Å². The molecular formula is C12H18N4O. The molecule has 0 saturated heterocycles. The quantitative estimate of drug-likeness (QED) is 0.517. The maximum Gasteiger partial charge on any atom is 0.139 e. The smallest absolute Gasteiger partial charge is 0.139 e. The van der Waals surface area contributed by atoms with Crippen LogP contribution in [0.4, 0.5) is 5.82 Å². The Morgan fingerprint density at radius 1 is 1.59 bits per heavy atom. The Morgan fingerprint density at radius 2 is 2.35 bits per heavy atom. The van der Waals surface area contributed by atoms with E-state index in [0.29, 0.717) is 18.2 Å². The summed E-state index contributed by atoms with van der Waals surface area (Å²) in [6.45, 7) is 0.631. The predicted molar refractivity (Wildman–Crippen MR) is 67.3 cm³/mol. The van der Waals surface area contributed by atoms with Crippen LogP contribution in [0, 0.1) is 5.41 Å². The number of amidine groups is 1. The molecule has 1 aliphatic rings. The summed E-state index contributed by atoms with van der Waals surface area (Å²) >= 11 is 0. The molecule has 0 aromatic carbocycles. The fourth-order valence-corrected chi connectivity index (χ4v) is 2.10. The standard InChI is InChI=1S/C12H18N4O/c13-11(14)10-5-2-6-15-12(10)16(7-8-17)9-3-1-4-9/h2,5-6,9,17H,1,3-4,7-8H2,(H3,13,14). The summed E-state index contributed by atoms with van der Waals surface area (Å²) < 4.78 is 0. The number of hydrogen-bond donors (Lipinski definition) is 3. The SMILES string of the molecule is N=C(N)c1cccnc1N(CCO)C1CCC1. The van der Waals surface area contributed by atoms with Crippen LogP contribution in [0.2, 0.25) is 0 Å². The van der Waals surface area contributed by atoms with Crippen LogP contribution in [-0.2, 0) is 0 Å². The maximum absolute atomic E-state index is 9.14. The zero-order valence-electron chi connectivity index (χ0n) is 9.76. The Bertz CT molecular complexity index is 403. The Balaban J connectivity index is 2.30. The van der Waals surface area contributed by atoms with Gasteiger partial charge >= 0.3 is 0 Å². The Morgan fingerprint density at radius 3 is 2.88 bits per heavy atom. The van der Waals surface area contributed by atoms with Gasteiger partial charge in [0.2, 0.25) is 0 Å². The van der Waals surface area contributed by atoms with Gasteiger partial charge in [0.1, 0.15) is 11.7 Å². The van der Waals surface area contributed by atoms with E-state index >= 15 is 0 Å². The molecule has 0 amide bonds. The highest BCUT2D eigenvalue weighted by molar-refractivity contribution is 5.99. The lowest BCUT2D eigenvalue weighted by molar-refractivity contribution is 0.283. The van der Waals surface area contributed by atoms with Crippen LogP contribution in [0.3, 0.4) is 0 Å². The van der Waals surface area contributed by atoms with Gasteiger partial charge in [-0.05, 0) is 31.4 Å². The van der Waals surface area contributed by atoms with Gasteiger partial charge in [-0.1, -0.05) is 0 Å². The molecule has 1 heterocycles. The van der Waals surface area contributed by atoms with Crippen molar-refractivity contribution in [2.24, 2.45) is 5.73 Å². The number of aromatic nitrogens is 1. The number of nitrogen functional groups attached to an aromatic ring is 1. The molecule has 1 aliphatic carbocycles. The van der Waals surface area contributed by atoms with E-state index in [1.165, 1.54) is 6.42 Å². The van der Waals surface area contributed by atoms with E-state index in [9.17, 15) is 0 Å². The van der Waals surface area contributed by atoms with Crippen molar-refractivity contribution in [3.8, 4) is 0 Å². The van der Waals surface area contributed by atoms with Crippen LogP contribution < -0.4 is 10.6 Å². The molecule has 4 N–H and O–H groups in total. The molecule has 2 rings (SSSR count). The number of nitrogens with two attached hydrogens (primary N) is 1. The van der Waals surface area contributed by atoms with Crippen molar-refractivity contribution in [3.05, 3.63) is 23.9 Å². The normalized spacial score (nSPS) is 15.4. The average Bonchev–Trinajstić information content (AvgIpc) is 2.26. The van der Waals surface area contributed by atoms with Gasteiger partial charge in [-0.2, -0.15) is 0 Å². The summed E-state index contributed by atoms with van der Waals surface area (Å²) in [7, 11) is 0. The third-order valence-corrected chi connectivity index (χ3v) is 3.21.